The maximum atomic E-state index is 5.52. The van der Waals surface area contributed by atoms with Crippen LogP contribution < -0.4 is 0 Å². The molecule has 1 saturated heterocycles. The first kappa shape index (κ1) is 4.80. The Kier molecular flexibility index (Phi) is 0.762. The summed E-state index contributed by atoms with van der Waals surface area (Å²) in [6.45, 7) is 4.38. The van der Waals surface area contributed by atoms with Crippen molar-refractivity contribution in [3.05, 3.63) is 0 Å². The number of rotatable bonds is 0. The molecule has 1 unspecified atom stereocenters. The minimum atomic E-state index is 0.565. The molecule has 0 aromatic carbocycles. The number of fused-ring (bicyclic) bond motifs is 1. The summed E-state index contributed by atoms with van der Waals surface area (Å²) in [5.74, 6) is 1.87. The van der Waals surface area contributed by atoms with E-state index in [2.05, 4.69) is 13.8 Å². The van der Waals surface area contributed by atoms with Gasteiger partial charge in [0.1, 0.15) is 0 Å². The van der Waals surface area contributed by atoms with Crippen molar-refractivity contribution in [2.24, 2.45) is 11.8 Å². The van der Waals surface area contributed by atoms with Crippen LogP contribution in [0.15, 0.2) is 0 Å². The fourth-order valence-electron chi connectivity index (χ4n) is 1.86. The van der Waals surface area contributed by atoms with Crippen LogP contribution in [0.1, 0.15) is 20.3 Å². The van der Waals surface area contributed by atoms with Crippen LogP contribution in [0, 0.1) is 11.8 Å². The molecule has 1 aliphatic heterocycles. The van der Waals surface area contributed by atoms with Crippen molar-refractivity contribution in [3.63, 3.8) is 0 Å². The second kappa shape index (κ2) is 1.27. The Labute approximate surface area is 50.0 Å². The Bertz CT molecular complexity index is 95.0. The van der Waals surface area contributed by atoms with Gasteiger partial charge in [0.2, 0.25) is 0 Å². The van der Waals surface area contributed by atoms with E-state index >= 15 is 0 Å². The first-order chi connectivity index (χ1) is 3.79. The number of ether oxygens (including phenoxy) is 1. The lowest BCUT2D eigenvalue weighted by Gasteiger charge is -2.08. The summed E-state index contributed by atoms with van der Waals surface area (Å²) in [7, 11) is 0. The molecule has 1 heterocycles. The number of hydrogen-bond acceptors (Lipinski definition) is 1. The maximum absolute atomic E-state index is 5.52. The van der Waals surface area contributed by atoms with E-state index in [-0.39, 0.29) is 0 Å². The van der Waals surface area contributed by atoms with Crippen LogP contribution in [0.2, 0.25) is 0 Å². The SMILES string of the molecule is C[C@@H]1O[C@H](C)C2C[C@H]21. The second-order valence-electron chi connectivity index (χ2n) is 3.11. The Hall–Kier alpha value is -0.0400. The quantitative estimate of drug-likeness (QED) is 0.460. The Morgan fingerprint density at radius 1 is 1.12 bits per heavy atom. The molecule has 4 atom stereocenters. The molecule has 2 fully saturated rings. The third-order valence-electron chi connectivity index (χ3n) is 2.53. The molecule has 1 saturated carbocycles. The third-order valence-corrected chi connectivity index (χ3v) is 2.53. The summed E-state index contributed by atoms with van der Waals surface area (Å²) in [5, 5.41) is 0. The first-order valence-corrected chi connectivity index (χ1v) is 3.44. The van der Waals surface area contributed by atoms with E-state index in [1.165, 1.54) is 6.42 Å². The van der Waals surface area contributed by atoms with Gasteiger partial charge in [0.25, 0.3) is 0 Å². The smallest absolute Gasteiger partial charge is 0.0582 e. The number of hydrogen-bond donors (Lipinski definition) is 0. The lowest BCUT2D eigenvalue weighted by atomic mass is 10.2. The molecule has 1 aliphatic carbocycles. The monoisotopic (exact) mass is 112 g/mol. The highest BCUT2D eigenvalue weighted by molar-refractivity contribution is 4.99. The minimum Gasteiger partial charge on any atom is -0.375 e. The second-order valence-corrected chi connectivity index (χ2v) is 3.11. The average Bonchev–Trinajstić information content (AvgIpc) is 2.35. The van der Waals surface area contributed by atoms with Crippen molar-refractivity contribution in [2.75, 3.05) is 0 Å². The van der Waals surface area contributed by atoms with Gasteiger partial charge in [0.15, 0.2) is 0 Å². The molecule has 46 valence electrons. The molecule has 0 spiro atoms. The molecule has 2 aliphatic rings. The molecule has 8 heavy (non-hydrogen) atoms. The van der Waals surface area contributed by atoms with E-state index in [4.69, 9.17) is 4.74 Å². The zero-order chi connectivity index (χ0) is 5.72. The maximum Gasteiger partial charge on any atom is 0.0582 e. The van der Waals surface area contributed by atoms with Gasteiger partial charge in [0, 0.05) is 0 Å². The summed E-state index contributed by atoms with van der Waals surface area (Å²) in [4.78, 5) is 0. The van der Waals surface area contributed by atoms with E-state index in [0.717, 1.165) is 11.8 Å². The lowest BCUT2D eigenvalue weighted by Crippen LogP contribution is -2.09. The highest BCUT2D eigenvalue weighted by Crippen LogP contribution is 2.51. The molecule has 0 amide bonds. The molecular weight excluding hydrogens is 100 g/mol. The summed E-state index contributed by atoms with van der Waals surface area (Å²) >= 11 is 0. The lowest BCUT2D eigenvalue weighted by molar-refractivity contribution is 0.0358. The van der Waals surface area contributed by atoms with E-state index in [0.29, 0.717) is 12.2 Å². The van der Waals surface area contributed by atoms with Gasteiger partial charge in [-0.05, 0) is 32.1 Å². The zero-order valence-electron chi connectivity index (χ0n) is 5.42. The molecule has 0 aromatic rings. The molecule has 2 rings (SSSR count). The average molecular weight is 112 g/mol. The van der Waals surface area contributed by atoms with Crippen molar-refractivity contribution >= 4 is 0 Å². The van der Waals surface area contributed by atoms with Crippen molar-refractivity contribution in [3.8, 4) is 0 Å². The Morgan fingerprint density at radius 3 is 1.75 bits per heavy atom. The van der Waals surface area contributed by atoms with E-state index < -0.39 is 0 Å². The van der Waals surface area contributed by atoms with Crippen molar-refractivity contribution in [1.82, 2.24) is 0 Å². The van der Waals surface area contributed by atoms with Crippen molar-refractivity contribution in [1.29, 1.82) is 0 Å². The molecule has 0 radical (unpaired) electrons. The van der Waals surface area contributed by atoms with Gasteiger partial charge in [-0.25, -0.2) is 0 Å². The van der Waals surface area contributed by atoms with Crippen LogP contribution >= 0.6 is 0 Å². The molecule has 0 N–H and O–H groups in total. The summed E-state index contributed by atoms with van der Waals surface area (Å²) in [6.07, 6.45) is 2.56. The molecular formula is C7H12O. The Balaban J connectivity index is 2.09. The zero-order valence-corrected chi connectivity index (χ0v) is 5.42. The predicted molar refractivity (Wildman–Crippen MR) is 31.6 cm³/mol. The van der Waals surface area contributed by atoms with Gasteiger partial charge in [-0.3, -0.25) is 0 Å². The predicted octanol–water partition coefficient (Wildman–Crippen LogP) is 1.43. The molecule has 0 bridgehead atoms. The molecule has 1 nitrogen and oxygen atoms in total. The van der Waals surface area contributed by atoms with Gasteiger partial charge in [0.05, 0.1) is 12.2 Å². The van der Waals surface area contributed by atoms with Crippen LogP contribution in [0.4, 0.5) is 0 Å². The minimum absolute atomic E-state index is 0.565. The fraction of sp³-hybridized carbons (Fsp3) is 1.00. The van der Waals surface area contributed by atoms with Crippen LogP contribution in [0.25, 0.3) is 0 Å². The van der Waals surface area contributed by atoms with Crippen LogP contribution in [-0.4, -0.2) is 12.2 Å². The van der Waals surface area contributed by atoms with E-state index in [1.807, 2.05) is 0 Å². The highest BCUT2D eigenvalue weighted by atomic mass is 16.5. The van der Waals surface area contributed by atoms with Gasteiger partial charge < -0.3 is 4.74 Å². The van der Waals surface area contributed by atoms with Gasteiger partial charge >= 0.3 is 0 Å². The topological polar surface area (TPSA) is 9.23 Å². The van der Waals surface area contributed by atoms with Crippen molar-refractivity contribution in [2.45, 2.75) is 32.5 Å². The Morgan fingerprint density at radius 2 is 1.62 bits per heavy atom. The summed E-state index contributed by atoms with van der Waals surface area (Å²) in [6, 6.07) is 0. The van der Waals surface area contributed by atoms with Crippen LogP contribution in [-0.2, 0) is 4.74 Å². The van der Waals surface area contributed by atoms with Crippen molar-refractivity contribution < 1.29 is 4.74 Å². The fourth-order valence-corrected chi connectivity index (χ4v) is 1.86. The molecule has 0 aromatic heterocycles. The normalized spacial score (nSPS) is 60.8. The summed E-state index contributed by atoms with van der Waals surface area (Å²) in [5.41, 5.74) is 0. The standard InChI is InChI=1S/C7H12O/c1-4-6-3-7(6)5(2)8-4/h4-7H,3H2,1-2H3/t4-,5+,6-,7?/m0/s1. The largest absolute Gasteiger partial charge is 0.375 e. The van der Waals surface area contributed by atoms with Crippen LogP contribution in [0.5, 0.6) is 0 Å². The van der Waals surface area contributed by atoms with E-state index in [9.17, 15) is 0 Å². The van der Waals surface area contributed by atoms with Gasteiger partial charge in [-0.15, -0.1) is 0 Å². The van der Waals surface area contributed by atoms with E-state index in [1.54, 1.807) is 0 Å². The highest BCUT2D eigenvalue weighted by Gasteiger charge is 2.51. The van der Waals surface area contributed by atoms with Gasteiger partial charge in [-0.2, -0.15) is 0 Å². The third kappa shape index (κ3) is 0.455. The van der Waals surface area contributed by atoms with Crippen LogP contribution in [0.3, 0.4) is 0 Å². The first-order valence-electron chi connectivity index (χ1n) is 3.44. The van der Waals surface area contributed by atoms with Gasteiger partial charge in [-0.1, -0.05) is 0 Å². The summed E-state index contributed by atoms with van der Waals surface area (Å²) < 4.78 is 5.52. The molecule has 1 heteroatoms.